The monoisotopic (exact) mass is 335 g/mol. The van der Waals surface area contributed by atoms with E-state index in [-0.39, 0.29) is 16.9 Å². The fourth-order valence-electron chi connectivity index (χ4n) is 2.37. The molecule has 1 aromatic carbocycles. The van der Waals surface area contributed by atoms with Gasteiger partial charge in [-0.25, -0.2) is 0 Å². The minimum atomic E-state index is -0.618. The van der Waals surface area contributed by atoms with Crippen LogP contribution < -0.4 is 16.6 Å². The maximum Gasteiger partial charge on any atom is 0.262 e. The van der Waals surface area contributed by atoms with Crippen molar-refractivity contribution in [3.05, 3.63) is 50.8 Å². The lowest BCUT2D eigenvalue weighted by atomic mass is 10.1. The zero-order valence-corrected chi connectivity index (χ0v) is 12.9. The molecular formula is C14H10ClN3O3S. The van der Waals surface area contributed by atoms with Gasteiger partial charge in [0.25, 0.3) is 17.4 Å². The average Bonchev–Trinajstić information content (AvgIpc) is 2.74. The molecule has 0 fully saturated rings. The van der Waals surface area contributed by atoms with Gasteiger partial charge in [0.05, 0.1) is 16.8 Å². The van der Waals surface area contributed by atoms with Gasteiger partial charge in [0.1, 0.15) is 5.82 Å². The molecule has 0 aliphatic carbocycles. The molecule has 0 bridgehead atoms. The Kier molecular flexibility index (Phi) is 3.46. The van der Waals surface area contributed by atoms with Gasteiger partial charge in [-0.3, -0.25) is 24.3 Å². The highest BCUT2D eigenvalue weighted by molar-refractivity contribution is 7.98. The fourth-order valence-corrected chi connectivity index (χ4v) is 3.10. The van der Waals surface area contributed by atoms with Gasteiger partial charge in [-0.2, -0.15) is 0 Å². The zero-order chi connectivity index (χ0) is 16.0. The summed E-state index contributed by atoms with van der Waals surface area (Å²) in [4.78, 5) is 36.6. The number of nitrogen functional groups attached to an aromatic ring is 1. The van der Waals surface area contributed by atoms with Crippen LogP contribution in [0.4, 0.5) is 5.82 Å². The van der Waals surface area contributed by atoms with Crippen molar-refractivity contribution in [2.75, 3.05) is 12.0 Å². The van der Waals surface area contributed by atoms with Crippen LogP contribution >= 0.6 is 23.4 Å². The number of anilines is 1. The van der Waals surface area contributed by atoms with Crippen molar-refractivity contribution in [2.24, 2.45) is 0 Å². The number of benzene rings is 1. The minimum Gasteiger partial charge on any atom is -0.384 e. The van der Waals surface area contributed by atoms with E-state index in [1.54, 1.807) is 18.2 Å². The first kappa shape index (κ1) is 14.7. The van der Waals surface area contributed by atoms with Crippen molar-refractivity contribution < 1.29 is 9.59 Å². The lowest BCUT2D eigenvalue weighted by Crippen LogP contribution is -2.24. The molecule has 6 nitrogen and oxygen atoms in total. The van der Waals surface area contributed by atoms with E-state index in [0.717, 1.165) is 11.0 Å². The third kappa shape index (κ3) is 2.10. The van der Waals surface area contributed by atoms with Crippen molar-refractivity contribution in [2.45, 2.75) is 4.90 Å². The molecule has 3 rings (SSSR count). The molecule has 2 heterocycles. The Morgan fingerprint density at radius 2 is 1.91 bits per heavy atom. The van der Waals surface area contributed by atoms with Crippen LogP contribution in [0.5, 0.6) is 0 Å². The number of nitrogens with two attached hydrogens (primary N) is 1. The van der Waals surface area contributed by atoms with Crippen LogP contribution in [0.15, 0.2) is 34.0 Å². The molecule has 0 spiro atoms. The molecule has 112 valence electrons. The third-order valence-corrected chi connectivity index (χ3v) is 4.36. The molecule has 1 aliphatic heterocycles. The van der Waals surface area contributed by atoms with Crippen LogP contribution in [-0.2, 0) is 0 Å². The summed E-state index contributed by atoms with van der Waals surface area (Å²) in [6.45, 7) is 0. The van der Waals surface area contributed by atoms with E-state index in [9.17, 15) is 14.4 Å². The smallest absolute Gasteiger partial charge is 0.262 e. The summed E-state index contributed by atoms with van der Waals surface area (Å²) in [5.74, 6) is -1.31. The fraction of sp³-hybridized carbons (Fsp3) is 0.0714. The number of hydrogen-bond donors (Lipinski definition) is 2. The quantitative estimate of drug-likeness (QED) is 0.643. The highest BCUT2D eigenvalue weighted by Crippen LogP contribution is 2.30. The molecule has 0 atom stereocenters. The topological polar surface area (TPSA) is 94.2 Å². The summed E-state index contributed by atoms with van der Waals surface area (Å²) in [5, 5.41) is 2.56. The molecule has 0 radical (unpaired) electrons. The number of carbonyl (C=O) groups excluding carboxylic acids is 2. The van der Waals surface area contributed by atoms with Crippen molar-refractivity contribution in [1.82, 2.24) is 9.88 Å². The highest BCUT2D eigenvalue weighted by atomic mass is 35.5. The number of nitrogens with one attached hydrogen (secondary N) is 1. The number of amides is 2. The predicted molar refractivity (Wildman–Crippen MR) is 85.0 cm³/mol. The van der Waals surface area contributed by atoms with E-state index in [0.29, 0.717) is 10.7 Å². The van der Waals surface area contributed by atoms with Gasteiger partial charge in [-0.1, -0.05) is 11.6 Å². The summed E-state index contributed by atoms with van der Waals surface area (Å²) in [5.41, 5.74) is 5.97. The summed E-state index contributed by atoms with van der Waals surface area (Å²) >= 11 is 7.41. The van der Waals surface area contributed by atoms with E-state index in [1.807, 2.05) is 6.26 Å². The first-order valence-electron chi connectivity index (χ1n) is 6.19. The van der Waals surface area contributed by atoms with Crippen molar-refractivity contribution in [3.8, 4) is 5.69 Å². The minimum absolute atomic E-state index is 0.00326. The summed E-state index contributed by atoms with van der Waals surface area (Å²) in [6.07, 6.45) is 1.84. The number of aromatic nitrogens is 1. The Bertz CT molecular complexity index is 892. The van der Waals surface area contributed by atoms with E-state index >= 15 is 0 Å². The Labute approximate surface area is 134 Å². The zero-order valence-electron chi connectivity index (χ0n) is 11.3. The van der Waals surface area contributed by atoms with Gasteiger partial charge >= 0.3 is 0 Å². The standard InChI is InChI=1S/C14H10ClN3O3S/c1-22-9-3-2-6(15)4-8(9)18-10(19)5-7-11(12(18)16)14(21)17-13(7)20/h2-5H,16H2,1H3,(H,17,20,21). The van der Waals surface area contributed by atoms with Gasteiger partial charge in [-0.05, 0) is 24.5 Å². The van der Waals surface area contributed by atoms with Crippen molar-refractivity contribution in [3.63, 3.8) is 0 Å². The molecule has 8 heteroatoms. The molecule has 2 amide bonds. The number of carbonyl (C=O) groups is 2. The molecule has 1 aromatic heterocycles. The lowest BCUT2D eigenvalue weighted by molar-refractivity contribution is 0.0880. The number of halogens is 1. The molecule has 0 saturated heterocycles. The van der Waals surface area contributed by atoms with E-state index in [4.69, 9.17) is 17.3 Å². The second-order valence-corrected chi connectivity index (χ2v) is 5.88. The van der Waals surface area contributed by atoms with Crippen LogP contribution in [0.2, 0.25) is 5.02 Å². The number of thioether (sulfide) groups is 1. The number of rotatable bonds is 2. The molecule has 22 heavy (non-hydrogen) atoms. The van der Waals surface area contributed by atoms with Crippen molar-refractivity contribution in [1.29, 1.82) is 0 Å². The van der Waals surface area contributed by atoms with E-state index in [2.05, 4.69) is 5.32 Å². The molecular weight excluding hydrogens is 326 g/mol. The van der Waals surface area contributed by atoms with Gasteiger partial charge in [0, 0.05) is 16.0 Å². The molecule has 0 unspecified atom stereocenters. The molecule has 1 aliphatic rings. The number of pyridine rings is 1. The van der Waals surface area contributed by atoms with Gasteiger partial charge < -0.3 is 5.73 Å². The first-order valence-corrected chi connectivity index (χ1v) is 7.79. The Hall–Kier alpha value is -2.25. The van der Waals surface area contributed by atoms with E-state index in [1.165, 1.54) is 16.3 Å². The maximum atomic E-state index is 12.4. The van der Waals surface area contributed by atoms with Gasteiger partial charge in [-0.15, -0.1) is 11.8 Å². The summed E-state index contributed by atoms with van der Waals surface area (Å²) < 4.78 is 1.19. The second-order valence-electron chi connectivity index (χ2n) is 4.59. The number of hydrogen-bond acceptors (Lipinski definition) is 5. The average molecular weight is 336 g/mol. The summed E-state index contributed by atoms with van der Waals surface area (Å²) in [7, 11) is 0. The molecule has 2 aromatic rings. The van der Waals surface area contributed by atoms with Crippen LogP contribution in [-0.4, -0.2) is 22.6 Å². The Balaban J connectivity index is 2.37. The lowest BCUT2D eigenvalue weighted by Gasteiger charge is -2.15. The van der Waals surface area contributed by atoms with E-state index < -0.39 is 17.4 Å². The Morgan fingerprint density at radius 3 is 2.59 bits per heavy atom. The number of fused-ring (bicyclic) bond motifs is 1. The largest absolute Gasteiger partial charge is 0.384 e. The van der Waals surface area contributed by atoms with Gasteiger partial charge in [0.2, 0.25) is 0 Å². The maximum absolute atomic E-state index is 12.4. The molecule has 3 N–H and O–H groups in total. The van der Waals surface area contributed by atoms with Crippen LogP contribution in [0.25, 0.3) is 5.69 Å². The number of nitrogens with zero attached hydrogens (tertiary/aromatic N) is 1. The van der Waals surface area contributed by atoms with Crippen LogP contribution in [0.1, 0.15) is 20.7 Å². The third-order valence-electron chi connectivity index (χ3n) is 3.34. The highest BCUT2D eigenvalue weighted by Gasteiger charge is 2.32. The van der Waals surface area contributed by atoms with Crippen molar-refractivity contribution >= 4 is 41.0 Å². The first-order chi connectivity index (χ1) is 10.4. The molecule has 0 saturated carbocycles. The normalized spacial score (nSPS) is 13.2. The summed E-state index contributed by atoms with van der Waals surface area (Å²) in [6, 6.07) is 6.15. The predicted octanol–water partition coefficient (Wildman–Crippen LogP) is 1.68. The van der Waals surface area contributed by atoms with Crippen LogP contribution in [0.3, 0.4) is 0 Å². The number of imide groups is 1. The second kappa shape index (κ2) is 5.19. The van der Waals surface area contributed by atoms with Crippen LogP contribution in [0, 0.1) is 0 Å². The Morgan fingerprint density at radius 1 is 1.18 bits per heavy atom. The SMILES string of the molecule is CSc1ccc(Cl)cc1-n1c(N)c2c(cc1=O)C(=O)NC2=O. The van der Waals surface area contributed by atoms with Gasteiger partial charge in [0.15, 0.2) is 0 Å².